The van der Waals surface area contributed by atoms with Crippen molar-refractivity contribution in [2.24, 2.45) is 5.92 Å². The van der Waals surface area contributed by atoms with Gasteiger partial charge in [-0.25, -0.2) is 4.39 Å². The molecule has 3 rings (SSSR count). The van der Waals surface area contributed by atoms with E-state index in [0.29, 0.717) is 19.4 Å². The SMILES string of the molecule is CN(C(=O)C1COc2ccccc2C1)[C@@H]1CCC[C@H]1F. The molecule has 1 unspecified atom stereocenters. The van der Waals surface area contributed by atoms with E-state index >= 15 is 0 Å². The zero-order chi connectivity index (χ0) is 14.1. The zero-order valence-electron chi connectivity index (χ0n) is 11.7. The van der Waals surface area contributed by atoms with E-state index in [9.17, 15) is 9.18 Å². The van der Waals surface area contributed by atoms with Crippen LogP contribution in [0.4, 0.5) is 4.39 Å². The van der Waals surface area contributed by atoms with Crippen LogP contribution < -0.4 is 4.74 Å². The van der Waals surface area contributed by atoms with Crippen molar-refractivity contribution in [2.75, 3.05) is 13.7 Å². The molecule has 0 spiro atoms. The van der Waals surface area contributed by atoms with Gasteiger partial charge in [0.25, 0.3) is 0 Å². The summed E-state index contributed by atoms with van der Waals surface area (Å²) >= 11 is 0. The fourth-order valence-electron chi connectivity index (χ4n) is 3.27. The molecule has 108 valence electrons. The molecule has 1 saturated carbocycles. The number of hydrogen-bond donors (Lipinski definition) is 0. The number of ether oxygens (including phenoxy) is 1. The van der Waals surface area contributed by atoms with E-state index in [4.69, 9.17) is 4.74 Å². The van der Waals surface area contributed by atoms with E-state index in [0.717, 1.165) is 24.2 Å². The minimum Gasteiger partial charge on any atom is -0.492 e. The molecular weight excluding hydrogens is 257 g/mol. The number of rotatable bonds is 2. The van der Waals surface area contributed by atoms with Crippen LogP contribution in [-0.4, -0.2) is 36.7 Å². The van der Waals surface area contributed by atoms with E-state index in [1.54, 1.807) is 11.9 Å². The lowest BCUT2D eigenvalue weighted by atomic mass is 9.95. The number of alkyl halides is 1. The third-order valence-electron chi connectivity index (χ3n) is 4.47. The first-order valence-electron chi connectivity index (χ1n) is 7.28. The van der Waals surface area contributed by atoms with Crippen molar-refractivity contribution in [1.82, 2.24) is 4.90 Å². The van der Waals surface area contributed by atoms with Crippen LogP contribution in [0.15, 0.2) is 24.3 Å². The molecule has 3 nitrogen and oxygen atoms in total. The van der Waals surface area contributed by atoms with E-state index in [1.165, 1.54) is 0 Å². The van der Waals surface area contributed by atoms with Crippen LogP contribution in [0.3, 0.4) is 0 Å². The highest BCUT2D eigenvalue weighted by Gasteiger charge is 2.36. The third kappa shape index (κ3) is 2.39. The van der Waals surface area contributed by atoms with E-state index < -0.39 is 6.17 Å². The Morgan fingerprint density at radius 1 is 1.35 bits per heavy atom. The number of benzene rings is 1. The van der Waals surface area contributed by atoms with Crippen molar-refractivity contribution in [1.29, 1.82) is 0 Å². The lowest BCUT2D eigenvalue weighted by Crippen LogP contribution is -2.45. The third-order valence-corrected chi connectivity index (χ3v) is 4.47. The van der Waals surface area contributed by atoms with E-state index in [2.05, 4.69) is 0 Å². The first kappa shape index (κ1) is 13.4. The molecule has 1 aromatic rings. The number of fused-ring (bicyclic) bond motifs is 1. The summed E-state index contributed by atoms with van der Waals surface area (Å²) in [4.78, 5) is 14.1. The number of carbonyl (C=O) groups is 1. The summed E-state index contributed by atoms with van der Waals surface area (Å²) in [5.74, 6) is 0.681. The van der Waals surface area contributed by atoms with Crippen LogP contribution in [0, 0.1) is 5.92 Å². The Hall–Kier alpha value is -1.58. The lowest BCUT2D eigenvalue weighted by Gasteiger charge is -2.32. The molecule has 4 heteroatoms. The fraction of sp³-hybridized carbons (Fsp3) is 0.562. The van der Waals surface area contributed by atoms with Crippen molar-refractivity contribution < 1.29 is 13.9 Å². The standard InChI is InChI=1S/C16H20FNO2/c1-18(14-7-4-6-13(14)17)16(19)12-9-11-5-2-3-8-15(11)20-10-12/h2-3,5,8,12-14H,4,6-7,9-10H2,1H3/t12?,13-,14-/m1/s1. The average molecular weight is 277 g/mol. The van der Waals surface area contributed by atoms with Crippen molar-refractivity contribution >= 4 is 5.91 Å². The van der Waals surface area contributed by atoms with Gasteiger partial charge < -0.3 is 9.64 Å². The summed E-state index contributed by atoms with van der Waals surface area (Å²) in [5.41, 5.74) is 1.06. The maximum Gasteiger partial charge on any atom is 0.229 e. The van der Waals surface area contributed by atoms with Gasteiger partial charge in [0, 0.05) is 7.05 Å². The predicted octanol–water partition coefficient (Wildman–Crippen LogP) is 2.59. The summed E-state index contributed by atoms with van der Waals surface area (Å²) in [5, 5.41) is 0. The number of hydrogen-bond acceptors (Lipinski definition) is 2. The summed E-state index contributed by atoms with van der Waals surface area (Å²) in [6.07, 6.45) is 2.02. The molecule has 1 aliphatic carbocycles. The monoisotopic (exact) mass is 277 g/mol. The molecule has 1 fully saturated rings. The van der Waals surface area contributed by atoms with Crippen molar-refractivity contribution in [3.63, 3.8) is 0 Å². The van der Waals surface area contributed by atoms with Gasteiger partial charge in [0.05, 0.1) is 12.0 Å². The minimum atomic E-state index is -0.874. The number of para-hydroxylation sites is 1. The van der Waals surface area contributed by atoms with Crippen molar-refractivity contribution in [2.45, 2.75) is 37.9 Å². The quantitative estimate of drug-likeness (QED) is 0.831. The van der Waals surface area contributed by atoms with Crippen molar-refractivity contribution in [3.8, 4) is 5.75 Å². The molecule has 20 heavy (non-hydrogen) atoms. The highest BCUT2D eigenvalue weighted by atomic mass is 19.1. The molecule has 0 aromatic heterocycles. The van der Waals surface area contributed by atoms with E-state index in [-0.39, 0.29) is 17.9 Å². The predicted molar refractivity (Wildman–Crippen MR) is 74.4 cm³/mol. The van der Waals surface area contributed by atoms with Gasteiger partial charge in [-0.2, -0.15) is 0 Å². The second-order valence-electron chi connectivity index (χ2n) is 5.78. The molecule has 0 radical (unpaired) electrons. The van der Waals surface area contributed by atoms with Crippen LogP contribution in [0.1, 0.15) is 24.8 Å². The molecule has 1 aliphatic heterocycles. The largest absolute Gasteiger partial charge is 0.492 e. The Labute approximate surface area is 118 Å². The summed E-state index contributed by atoms with van der Waals surface area (Å²) in [6, 6.07) is 7.54. The molecule has 0 saturated heterocycles. The van der Waals surface area contributed by atoms with Crippen LogP contribution in [0.25, 0.3) is 0 Å². The zero-order valence-corrected chi connectivity index (χ0v) is 11.7. The number of nitrogens with zero attached hydrogens (tertiary/aromatic N) is 1. The first-order valence-corrected chi connectivity index (χ1v) is 7.28. The van der Waals surface area contributed by atoms with Gasteiger partial charge in [0.15, 0.2) is 0 Å². The Bertz CT molecular complexity index is 505. The molecule has 1 amide bonds. The smallest absolute Gasteiger partial charge is 0.229 e. The molecule has 2 aliphatic rings. The van der Waals surface area contributed by atoms with Crippen LogP contribution >= 0.6 is 0 Å². The molecular formula is C16H20FNO2. The Balaban J connectivity index is 1.69. The number of amides is 1. The van der Waals surface area contributed by atoms with E-state index in [1.807, 2.05) is 24.3 Å². The Morgan fingerprint density at radius 3 is 2.90 bits per heavy atom. The van der Waals surface area contributed by atoms with Crippen molar-refractivity contribution in [3.05, 3.63) is 29.8 Å². The first-order chi connectivity index (χ1) is 9.66. The second-order valence-corrected chi connectivity index (χ2v) is 5.78. The average Bonchev–Trinajstić information content (AvgIpc) is 2.91. The van der Waals surface area contributed by atoms with Gasteiger partial charge in [0.2, 0.25) is 5.91 Å². The molecule has 0 N–H and O–H groups in total. The molecule has 3 atom stereocenters. The van der Waals surface area contributed by atoms with Gasteiger partial charge in [0.1, 0.15) is 18.5 Å². The van der Waals surface area contributed by atoms with Crippen LogP contribution in [0.2, 0.25) is 0 Å². The minimum absolute atomic E-state index is 0.00838. The van der Waals surface area contributed by atoms with Gasteiger partial charge in [-0.3, -0.25) is 4.79 Å². The summed E-state index contributed by atoms with van der Waals surface area (Å²) in [7, 11) is 1.73. The van der Waals surface area contributed by atoms with Gasteiger partial charge in [-0.1, -0.05) is 18.2 Å². The molecule has 1 heterocycles. The highest BCUT2D eigenvalue weighted by molar-refractivity contribution is 5.80. The highest BCUT2D eigenvalue weighted by Crippen LogP contribution is 2.30. The number of halogens is 1. The maximum absolute atomic E-state index is 13.8. The Kier molecular flexibility index (Phi) is 3.64. The lowest BCUT2D eigenvalue weighted by molar-refractivity contribution is -0.138. The van der Waals surface area contributed by atoms with Gasteiger partial charge in [-0.15, -0.1) is 0 Å². The summed E-state index contributed by atoms with van der Waals surface area (Å²) < 4.78 is 19.4. The molecule has 0 bridgehead atoms. The van der Waals surface area contributed by atoms with Crippen LogP contribution in [-0.2, 0) is 11.2 Å². The number of carbonyl (C=O) groups excluding carboxylic acids is 1. The maximum atomic E-state index is 13.8. The van der Waals surface area contributed by atoms with Gasteiger partial charge >= 0.3 is 0 Å². The Morgan fingerprint density at radius 2 is 2.15 bits per heavy atom. The normalized spacial score (nSPS) is 28.6. The molecule has 1 aromatic carbocycles. The second kappa shape index (κ2) is 5.43. The topological polar surface area (TPSA) is 29.5 Å². The van der Waals surface area contributed by atoms with Gasteiger partial charge in [-0.05, 0) is 37.3 Å². The van der Waals surface area contributed by atoms with Crippen LogP contribution in [0.5, 0.6) is 5.75 Å². The fourth-order valence-corrected chi connectivity index (χ4v) is 3.27. The summed E-state index contributed by atoms with van der Waals surface area (Å²) in [6.45, 7) is 0.393.